The summed E-state index contributed by atoms with van der Waals surface area (Å²) in [5, 5.41) is 2.87. The highest BCUT2D eigenvalue weighted by molar-refractivity contribution is 5.60. The van der Waals surface area contributed by atoms with E-state index in [0.29, 0.717) is 26.4 Å². The monoisotopic (exact) mass is 203 g/mol. The molecule has 5 heteroatoms. The molecular weight excluding hydrogens is 186 g/mol. The lowest BCUT2D eigenvalue weighted by atomic mass is 10.2. The summed E-state index contributed by atoms with van der Waals surface area (Å²) in [6.45, 7) is 2.31. The maximum atomic E-state index is 11.1. The quantitative estimate of drug-likeness (QED) is 0.533. The van der Waals surface area contributed by atoms with Crippen LogP contribution in [0.1, 0.15) is 12.8 Å². The molecule has 14 heavy (non-hydrogen) atoms. The van der Waals surface area contributed by atoms with Crippen LogP contribution in [0.4, 0.5) is 4.79 Å². The predicted octanol–water partition coefficient (Wildman–Crippen LogP) is 0.538. The number of ether oxygens (including phenoxy) is 3. The molecule has 0 aromatic heterocycles. The molecule has 0 atom stereocenters. The van der Waals surface area contributed by atoms with Gasteiger partial charge in [-0.3, -0.25) is 0 Å². The first kappa shape index (κ1) is 11.3. The fraction of sp³-hybridized carbons (Fsp3) is 0.889. The van der Waals surface area contributed by atoms with Gasteiger partial charge in [-0.25, -0.2) is 4.79 Å². The third-order valence-electron chi connectivity index (χ3n) is 2.00. The molecule has 0 aliphatic carbocycles. The molecule has 1 heterocycles. The first-order valence-electron chi connectivity index (χ1n) is 4.88. The molecule has 0 saturated carbocycles. The molecule has 1 fully saturated rings. The number of rotatable bonds is 4. The number of carbonyl (C=O) groups is 1. The van der Waals surface area contributed by atoms with Crippen LogP contribution in [0.5, 0.6) is 0 Å². The van der Waals surface area contributed by atoms with Gasteiger partial charge < -0.3 is 19.5 Å². The molecule has 1 saturated heterocycles. The Labute approximate surface area is 83.7 Å². The average Bonchev–Trinajstić information content (AvgIpc) is 2.20. The third kappa shape index (κ3) is 4.43. The molecule has 1 aliphatic heterocycles. The molecule has 0 bridgehead atoms. The maximum absolute atomic E-state index is 11.1. The fourth-order valence-electron chi connectivity index (χ4n) is 1.20. The summed E-state index contributed by atoms with van der Waals surface area (Å²) >= 11 is 0. The van der Waals surface area contributed by atoms with E-state index in [9.17, 15) is 4.79 Å². The summed E-state index contributed by atoms with van der Waals surface area (Å²) < 4.78 is 15.0. The molecule has 82 valence electrons. The normalized spacial score (nSPS) is 17.8. The summed E-state index contributed by atoms with van der Waals surface area (Å²) in [6.07, 6.45) is 0.917. The molecule has 0 aromatic carbocycles. The first-order valence-corrected chi connectivity index (χ1v) is 4.88. The minimum absolute atomic E-state index is 0.0363. The van der Waals surface area contributed by atoms with E-state index in [1.54, 1.807) is 7.05 Å². The lowest BCUT2D eigenvalue weighted by Crippen LogP contribution is -2.27. The predicted molar refractivity (Wildman–Crippen MR) is 50.2 cm³/mol. The van der Waals surface area contributed by atoms with Gasteiger partial charge in [-0.15, -0.1) is 0 Å². The van der Waals surface area contributed by atoms with Crippen molar-refractivity contribution in [2.45, 2.75) is 18.9 Å². The zero-order chi connectivity index (χ0) is 10.2. The number of hydrogen-bond donors (Lipinski definition) is 1. The van der Waals surface area contributed by atoms with Crippen molar-refractivity contribution in [2.75, 3.05) is 33.4 Å². The van der Waals surface area contributed by atoms with Crippen LogP contribution in [0.15, 0.2) is 0 Å². The zero-order valence-corrected chi connectivity index (χ0v) is 8.45. The number of hydrogen-bond acceptors (Lipinski definition) is 5. The highest BCUT2D eigenvalue weighted by atomic mass is 16.7. The molecular formula is C9H17NO4. The van der Waals surface area contributed by atoms with Crippen molar-refractivity contribution in [1.82, 2.24) is 5.32 Å². The second kappa shape index (κ2) is 6.62. The minimum atomic E-state index is -0.577. The van der Waals surface area contributed by atoms with Gasteiger partial charge in [0.15, 0.2) is 0 Å². The molecule has 0 unspecified atom stereocenters. The lowest BCUT2D eigenvalue weighted by molar-refractivity contribution is -0.0271. The summed E-state index contributed by atoms with van der Waals surface area (Å²) in [5.41, 5.74) is 0. The highest BCUT2D eigenvalue weighted by Crippen LogP contribution is 2.11. The van der Waals surface area contributed by atoms with E-state index in [2.05, 4.69) is 5.32 Å². The van der Waals surface area contributed by atoms with E-state index in [4.69, 9.17) is 14.2 Å². The van der Waals surface area contributed by atoms with Gasteiger partial charge >= 0.3 is 6.16 Å². The Morgan fingerprint density at radius 1 is 1.50 bits per heavy atom. The van der Waals surface area contributed by atoms with Crippen LogP contribution in [-0.4, -0.2) is 45.7 Å². The molecule has 1 rings (SSSR count). The van der Waals surface area contributed by atoms with Crippen LogP contribution in [0, 0.1) is 0 Å². The summed E-state index contributed by atoms with van der Waals surface area (Å²) in [6, 6.07) is 0. The van der Waals surface area contributed by atoms with E-state index in [1.807, 2.05) is 0 Å². The molecule has 0 amide bonds. The largest absolute Gasteiger partial charge is 0.508 e. The smallest absolute Gasteiger partial charge is 0.433 e. The van der Waals surface area contributed by atoms with Crippen molar-refractivity contribution in [1.29, 1.82) is 0 Å². The average molecular weight is 203 g/mol. The van der Waals surface area contributed by atoms with Gasteiger partial charge in [0, 0.05) is 19.4 Å². The highest BCUT2D eigenvalue weighted by Gasteiger charge is 2.18. The second-order valence-corrected chi connectivity index (χ2v) is 3.13. The topological polar surface area (TPSA) is 56.8 Å². The number of nitrogens with one attached hydrogen (secondary N) is 1. The van der Waals surface area contributed by atoms with Crippen LogP contribution in [-0.2, 0) is 14.2 Å². The molecule has 0 aromatic rings. The van der Waals surface area contributed by atoms with Gasteiger partial charge in [-0.2, -0.15) is 0 Å². The molecule has 1 N–H and O–H groups in total. The van der Waals surface area contributed by atoms with Crippen LogP contribution in [0.3, 0.4) is 0 Å². The van der Waals surface area contributed by atoms with Gasteiger partial charge in [0.05, 0.1) is 13.2 Å². The van der Waals surface area contributed by atoms with E-state index >= 15 is 0 Å². The van der Waals surface area contributed by atoms with Gasteiger partial charge in [0.1, 0.15) is 12.7 Å². The van der Waals surface area contributed by atoms with Gasteiger partial charge in [-0.1, -0.05) is 0 Å². The van der Waals surface area contributed by atoms with Crippen LogP contribution < -0.4 is 5.32 Å². The van der Waals surface area contributed by atoms with Crippen molar-refractivity contribution in [3.63, 3.8) is 0 Å². The fourth-order valence-corrected chi connectivity index (χ4v) is 1.20. The number of likely N-dealkylation sites (N-methyl/N-ethyl adjacent to an activating group) is 1. The first-order chi connectivity index (χ1) is 6.83. The standard InChI is InChI=1S/C9H17NO4/c1-10-4-7-13-9(11)14-8-2-5-12-6-3-8/h8,10H,2-7H2,1H3. The van der Waals surface area contributed by atoms with Crippen LogP contribution in [0.25, 0.3) is 0 Å². The van der Waals surface area contributed by atoms with Crippen molar-refractivity contribution in [3.8, 4) is 0 Å². The van der Waals surface area contributed by atoms with E-state index < -0.39 is 6.16 Å². The zero-order valence-electron chi connectivity index (χ0n) is 8.45. The second-order valence-electron chi connectivity index (χ2n) is 3.13. The van der Waals surface area contributed by atoms with Crippen molar-refractivity contribution in [2.24, 2.45) is 0 Å². The van der Waals surface area contributed by atoms with Crippen LogP contribution in [0.2, 0.25) is 0 Å². The minimum Gasteiger partial charge on any atom is -0.433 e. The van der Waals surface area contributed by atoms with E-state index in [0.717, 1.165) is 12.8 Å². The Morgan fingerprint density at radius 2 is 2.21 bits per heavy atom. The number of carbonyl (C=O) groups excluding carboxylic acids is 1. The summed E-state index contributed by atoms with van der Waals surface area (Å²) in [5.74, 6) is 0. The Bertz CT molecular complexity index is 168. The molecule has 0 spiro atoms. The van der Waals surface area contributed by atoms with Gasteiger partial charge in [0.25, 0.3) is 0 Å². The molecule has 0 radical (unpaired) electrons. The van der Waals surface area contributed by atoms with Gasteiger partial charge in [-0.05, 0) is 7.05 Å². The SMILES string of the molecule is CNCCOC(=O)OC1CCOCC1. The maximum Gasteiger partial charge on any atom is 0.508 e. The van der Waals surface area contributed by atoms with E-state index in [1.165, 1.54) is 0 Å². The van der Waals surface area contributed by atoms with Crippen LogP contribution >= 0.6 is 0 Å². The Balaban J connectivity index is 2.06. The third-order valence-corrected chi connectivity index (χ3v) is 2.00. The van der Waals surface area contributed by atoms with Crippen molar-refractivity contribution >= 4 is 6.16 Å². The van der Waals surface area contributed by atoms with Crippen molar-refractivity contribution < 1.29 is 19.0 Å². The Kier molecular flexibility index (Phi) is 5.32. The van der Waals surface area contributed by atoms with Crippen molar-refractivity contribution in [3.05, 3.63) is 0 Å². The molecule has 1 aliphatic rings. The Hall–Kier alpha value is -0.810. The summed E-state index contributed by atoms with van der Waals surface area (Å²) in [4.78, 5) is 11.1. The van der Waals surface area contributed by atoms with Gasteiger partial charge in [0.2, 0.25) is 0 Å². The summed E-state index contributed by atoms with van der Waals surface area (Å²) in [7, 11) is 1.80. The molecule has 5 nitrogen and oxygen atoms in total. The van der Waals surface area contributed by atoms with E-state index in [-0.39, 0.29) is 6.10 Å². The Morgan fingerprint density at radius 3 is 2.86 bits per heavy atom. The lowest BCUT2D eigenvalue weighted by Gasteiger charge is -2.21.